The highest BCUT2D eigenvalue weighted by Crippen LogP contribution is 2.51. The number of hydrogen-bond acceptors (Lipinski definition) is 1. The summed E-state index contributed by atoms with van der Waals surface area (Å²) in [6, 6.07) is 67.0. The Kier molecular flexibility index (Phi) is 6.47. The van der Waals surface area contributed by atoms with E-state index in [-0.39, 0.29) is 0 Å². The zero-order valence-corrected chi connectivity index (χ0v) is 27.8. The lowest BCUT2D eigenvalue weighted by Crippen LogP contribution is -2.11. The van der Waals surface area contributed by atoms with E-state index >= 15 is 0 Å². The monoisotopic (exact) mass is 635 g/mol. The summed E-state index contributed by atoms with van der Waals surface area (Å²) < 4.78 is 0. The van der Waals surface area contributed by atoms with E-state index in [0.717, 1.165) is 17.1 Å². The highest BCUT2D eigenvalue weighted by Gasteiger charge is 2.25. The molecule has 50 heavy (non-hydrogen) atoms. The molecule has 0 spiro atoms. The smallest absolute Gasteiger partial charge is 0.0546 e. The summed E-state index contributed by atoms with van der Waals surface area (Å²) in [5.74, 6) is 0. The normalized spacial score (nSPS) is 11.7. The third-order valence-corrected chi connectivity index (χ3v) is 10.4. The molecule has 1 heteroatoms. The minimum absolute atomic E-state index is 1.14. The van der Waals surface area contributed by atoms with Crippen molar-refractivity contribution in [2.45, 2.75) is 6.92 Å². The lowest BCUT2D eigenvalue weighted by Gasteiger charge is -2.29. The summed E-state index contributed by atoms with van der Waals surface area (Å²) in [4.78, 5) is 2.43. The maximum Gasteiger partial charge on any atom is 0.0546 e. The van der Waals surface area contributed by atoms with Crippen molar-refractivity contribution in [1.29, 1.82) is 0 Å². The van der Waals surface area contributed by atoms with Gasteiger partial charge in [-0.25, -0.2) is 0 Å². The molecule has 1 aliphatic rings. The summed E-state index contributed by atoms with van der Waals surface area (Å²) in [7, 11) is 0. The molecule has 9 aromatic rings. The summed E-state index contributed by atoms with van der Waals surface area (Å²) in [6.07, 6.45) is 0. The lowest BCUT2D eigenvalue weighted by atomic mass is 9.77. The van der Waals surface area contributed by atoms with Crippen molar-refractivity contribution in [1.82, 2.24) is 0 Å². The second kappa shape index (κ2) is 11.3. The largest absolute Gasteiger partial charge is 0.310 e. The Balaban J connectivity index is 1.13. The fraction of sp³-hybridized carbons (Fsp3) is 0.0204. The van der Waals surface area contributed by atoms with Crippen molar-refractivity contribution in [2.75, 3.05) is 4.90 Å². The fourth-order valence-corrected chi connectivity index (χ4v) is 7.74. The molecule has 0 aliphatic heterocycles. The third kappa shape index (κ3) is 4.70. The van der Waals surface area contributed by atoms with Crippen LogP contribution < -0.4 is 4.90 Å². The van der Waals surface area contributed by atoms with E-state index < -0.39 is 0 Å². The Morgan fingerprint density at radius 3 is 1.44 bits per heavy atom. The first-order valence-electron chi connectivity index (χ1n) is 17.3. The molecule has 0 radical (unpaired) electrons. The Morgan fingerprint density at radius 2 is 0.780 bits per heavy atom. The molecular weight excluding hydrogens is 603 g/mol. The third-order valence-electron chi connectivity index (χ3n) is 10.4. The van der Waals surface area contributed by atoms with E-state index in [4.69, 9.17) is 0 Å². The van der Waals surface area contributed by atoms with Crippen LogP contribution in [0.1, 0.15) is 5.56 Å². The molecule has 0 saturated carbocycles. The number of benzene rings is 9. The number of fused-ring (bicyclic) bond motifs is 7. The van der Waals surface area contributed by atoms with Gasteiger partial charge in [-0.05, 0) is 145 Å². The molecule has 0 saturated heterocycles. The molecule has 0 heterocycles. The molecule has 0 atom stereocenters. The van der Waals surface area contributed by atoms with Gasteiger partial charge in [-0.3, -0.25) is 0 Å². The summed E-state index contributed by atoms with van der Waals surface area (Å²) in [6.45, 7) is 2.15. The van der Waals surface area contributed by atoms with Crippen LogP contribution >= 0.6 is 0 Å². The highest BCUT2D eigenvalue weighted by molar-refractivity contribution is 6.12. The molecule has 10 rings (SSSR count). The zero-order valence-electron chi connectivity index (χ0n) is 27.8. The van der Waals surface area contributed by atoms with E-state index in [1.165, 1.54) is 82.4 Å². The van der Waals surface area contributed by atoms with Crippen molar-refractivity contribution in [3.8, 4) is 44.5 Å². The maximum atomic E-state index is 2.43. The molecule has 0 aromatic heterocycles. The Morgan fingerprint density at radius 1 is 0.300 bits per heavy atom. The van der Waals surface area contributed by atoms with Gasteiger partial charge in [0.2, 0.25) is 0 Å². The van der Waals surface area contributed by atoms with E-state index in [1.54, 1.807) is 0 Å². The van der Waals surface area contributed by atoms with Crippen LogP contribution in [0, 0.1) is 6.92 Å². The number of rotatable bonds is 5. The topological polar surface area (TPSA) is 3.24 Å². The van der Waals surface area contributed by atoms with E-state index in [2.05, 4.69) is 194 Å². The quantitative estimate of drug-likeness (QED) is 0.182. The van der Waals surface area contributed by atoms with Crippen LogP contribution in [0.4, 0.5) is 17.1 Å². The molecule has 234 valence electrons. The first-order valence-corrected chi connectivity index (χ1v) is 17.3. The Labute approximate surface area is 292 Å². The molecule has 0 fully saturated rings. The van der Waals surface area contributed by atoms with E-state index in [9.17, 15) is 0 Å². The molecule has 0 amide bonds. The van der Waals surface area contributed by atoms with Gasteiger partial charge in [-0.1, -0.05) is 121 Å². The highest BCUT2D eigenvalue weighted by atomic mass is 15.1. The van der Waals surface area contributed by atoms with Gasteiger partial charge in [0.1, 0.15) is 0 Å². The molecule has 0 N–H and O–H groups in total. The second-order valence-corrected chi connectivity index (χ2v) is 13.5. The molecular formula is C49H33N. The van der Waals surface area contributed by atoms with Gasteiger partial charge in [0.05, 0.1) is 5.69 Å². The van der Waals surface area contributed by atoms with Gasteiger partial charge in [0, 0.05) is 16.9 Å². The van der Waals surface area contributed by atoms with Crippen molar-refractivity contribution >= 4 is 49.4 Å². The van der Waals surface area contributed by atoms with Crippen molar-refractivity contribution < 1.29 is 0 Å². The van der Waals surface area contributed by atoms with E-state index in [0.29, 0.717) is 0 Å². The van der Waals surface area contributed by atoms with Gasteiger partial charge >= 0.3 is 0 Å². The molecule has 0 unspecified atom stereocenters. The first-order chi connectivity index (χ1) is 24.7. The molecule has 1 nitrogen and oxygen atoms in total. The Hall–Kier alpha value is -6.44. The molecule has 0 bridgehead atoms. The van der Waals surface area contributed by atoms with Crippen LogP contribution in [-0.2, 0) is 0 Å². The number of aryl methyl sites for hydroxylation is 1. The first kappa shape index (κ1) is 28.6. The van der Waals surface area contributed by atoms with Crippen LogP contribution in [0.15, 0.2) is 182 Å². The van der Waals surface area contributed by atoms with Crippen LogP contribution in [0.2, 0.25) is 0 Å². The van der Waals surface area contributed by atoms with Crippen LogP contribution in [0.5, 0.6) is 0 Å². The predicted molar refractivity (Wildman–Crippen MR) is 214 cm³/mol. The fourth-order valence-electron chi connectivity index (χ4n) is 7.74. The molecule has 1 aliphatic carbocycles. The average Bonchev–Trinajstić information content (AvgIpc) is 3.17. The van der Waals surface area contributed by atoms with E-state index in [1.807, 2.05) is 0 Å². The minimum atomic E-state index is 1.14. The SMILES string of the molecule is Cc1ccc(N(c2ccc3cc4c(cc3c2)-c2cc3cc(-c5ccccc5)ccc3cc2-4)c2cc3ccccc3cc2-c2ccccc2)cc1. The standard InChI is InChI=1S/C49H33N/c1-32-16-21-42(22-17-32)50(49-31-36-15-9-8-14-35(36)26-44(49)34-12-6-3-7-13-34)43-23-20-39-28-46-45-27-38-19-18-37(33-10-4-2-5-11-33)24-40(38)29-47(45)48(46)30-41(39)25-43/h2-31H,1H3. The zero-order chi connectivity index (χ0) is 33.2. The summed E-state index contributed by atoms with van der Waals surface area (Å²) in [5.41, 5.74) is 14.9. The van der Waals surface area contributed by atoms with Crippen molar-refractivity contribution in [2.24, 2.45) is 0 Å². The average molecular weight is 636 g/mol. The van der Waals surface area contributed by atoms with Gasteiger partial charge < -0.3 is 4.90 Å². The number of anilines is 3. The van der Waals surface area contributed by atoms with Crippen LogP contribution in [0.3, 0.4) is 0 Å². The van der Waals surface area contributed by atoms with Crippen LogP contribution in [0.25, 0.3) is 76.8 Å². The van der Waals surface area contributed by atoms with Crippen LogP contribution in [-0.4, -0.2) is 0 Å². The molecule has 9 aromatic carbocycles. The van der Waals surface area contributed by atoms with Crippen molar-refractivity contribution in [3.05, 3.63) is 188 Å². The maximum absolute atomic E-state index is 2.43. The second-order valence-electron chi connectivity index (χ2n) is 13.5. The summed E-state index contributed by atoms with van der Waals surface area (Å²) >= 11 is 0. The predicted octanol–water partition coefficient (Wildman–Crippen LogP) is 13.9. The minimum Gasteiger partial charge on any atom is -0.310 e. The van der Waals surface area contributed by atoms with Crippen molar-refractivity contribution in [3.63, 3.8) is 0 Å². The van der Waals surface area contributed by atoms with Gasteiger partial charge in [0.15, 0.2) is 0 Å². The van der Waals surface area contributed by atoms with Gasteiger partial charge in [0.25, 0.3) is 0 Å². The number of nitrogens with zero attached hydrogens (tertiary/aromatic N) is 1. The van der Waals surface area contributed by atoms with Gasteiger partial charge in [-0.2, -0.15) is 0 Å². The van der Waals surface area contributed by atoms with Gasteiger partial charge in [-0.15, -0.1) is 0 Å². The number of hydrogen-bond donors (Lipinski definition) is 0. The summed E-state index contributed by atoms with van der Waals surface area (Å²) in [5, 5.41) is 7.51. The Bertz CT molecular complexity index is 2740. The lowest BCUT2D eigenvalue weighted by molar-refractivity contribution is 1.28.